The Morgan fingerprint density at radius 2 is 1.92 bits per heavy atom. The molecule has 0 radical (unpaired) electrons. The van der Waals surface area contributed by atoms with E-state index in [0.717, 1.165) is 18.4 Å². The van der Waals surface area contributed by atoms with Crippen LogP contribution in [-0.4, -0.2) is 24.5 Å². The minimum Gasteiger partial charge on any atom is -0.299 e. The molecule has 1 nitrogen and oxygen atoms in total. The van der Waals surface area contributed by atoms with Gasteiger partial charge >= 0.3 is 0 Å². The van der Waals surface area contributed by atoms with Crippen LogP contribution in [0.25, 0.3) is 0 Å². The molecule has 2 unspecified atom stereocenters. The molecule has 2 atom stereocenters. The molecule has 0 aromatic rings. The molecule has 0 aromatic heterocycles. The summed E-state index contributed by atoms with van der Waals surface area (Å²) in [6.45, 7) is 7.58. The van der Waals surface area contributed by atoms with Crippen molar-refractivity contribution < 1.29 is 0 Å². The van der Waals surface area contributed by atoms with Crippen LogP contribution in [0.3, 0.4) is 0 Å². The van der Waals surface area contributed by atoms with Crippen molar-refractivity contribution in [3.63, 3.8) is 0 Å². The summed E-state index contributed by atoms with van der Waals surface area (Å²) in [4.78, 5) is 2.57. The number of hydrogen-bond donors (Lipinski definition) is 0. The molecule has 2 fully saturated rings. The number of hydrogen-bond acceptors (Lipinski definition) is 1. The van der Waals surface area contributed by atoms with E-state index in [1.807, 2.05) is 6.08 Å². The Morgan fingerprint density at radius 1 is 1.25 bits per heavy atom. The molecule has 1 heteroatoms. The molecule has 0 spiro atoms. The third kappa shape index (κ3) is 1.71. The lowest BCUT2D eigenvalue weighted by Gasteiger charge is -2.40. The fourth-order valence-electron chi connectivity index (χ4n) is 2.87. The average Bonchev–Trinajstić information content (AvgIpc) is 2.04. The zero-order valence-corrected chi connectivity index (χ0v) is 7.84. The molecule has 1 aliphatic heterocycles. The maximum absolute atomic E-state index is 3.81. The molecule has 0 N–H and O–H groups in total. The van der Waals surface area contributed by atoms with Gasteiger partial charge in [-0.05, 0) is 31.1 Å². The van der Waals surface area contributed by atoms with Gasteiger partial charge in [0, 0.05) is 19.6 Å². The summed E-state index contributed by atoms with van der Waals surface area (Å²) in [6.07, 6.45) is 7.99. The van der Waals surface area contributed by atoms with Crippen LogP contribution in [-0.2, 0) is 0 Å². The van der Waals surface area contributed by atoms with Gasteiger partial charge in [-0.1, -0.05) is 12.5 Å². The van der Waals surface area contributed by atoms with Gasteiger partial charge in [0.15, 0.2) is 0 Å². The Hall–Kier alpha value is -0.300. The molecule has 68 valence electrons. The lowest BCUT2D eigenvalue weighted by Crippen LogP contribution is -2.42. The molecule has 1 heterocycles. The van der Waals surface area contributed by atoms with E-state index in [4.69, 9.17) is 0 Å². The molecule has 1 saturated heterocycles. The van der Waals surface area contributed by atoms with Gasteiger partial charge in [0.25, 0.3) is 0 Å². The molecular formula is C11H19N. The topological polar surface area (TPSA) is 3.24 Å². The van der Waals surface area contributed by atoms with Gasteiger partial charge in [0.1, 0.15) is 0 Å². The van der Waals surface area contributed by atoms with Crippen LogP contribution in [0.4, 0.5) is 0 Å². The summed E-state index contributed by atoms with van der Waals surface area (Å²) in [7, 11) is 0. The van der Waals surface area contributed by atoms with E-state index in [2.05, 4.69) is 11.5 Å². The lowest BCUT2D eigenvalue weighted by molar-refractivity contribution is 0.0957. The summed E-state index contributed by atoms with van der Waals surface area (Å²) < 4.78 is 0. The maximum atomic E-state index is 3.81. The maximum Gasteiger partial charge on any atom is 0.0160 e. The second kappa shape index (κ2) is 3.61. The van der Waals surface area contributed by atoms with E-state index in [9.17, 15) is 0 Å². The molecular weight excluding hydrogens is 146 g/mol. The number of piperidine rings is 1. The first-order chi connectivity index (χ1) is 5.88. The lowest BCUT2D eigenvalue weighted by atomic mass is 9.78. The predicted molar refractivity (Wildman–Crippen MR) is 52.1 cm³/mol. The SMILES string of the molecule is C=CCN1CC2CCCC(C2)C1. The molecule has 1 saturated carbocycles. The van der Waals surface area contributed by atoms with Crippen molar-refractivity contribution in [2.75, 3.05) is 19.6 Å². The van der Waals surface area contributed by atoms with E-state index in [-0.39, 0.29) is 0 Å². The van der Waals surface area contributed by atoms with E-state index in [1.54, 1.807) is 0 Å². The second-order valence-electron chi connectivity index (χ2n) is 4.41. The van der Waals surface area contributed by atoms with Crippen LogP contribution in [0, 0.1) is 11.8 Å². The van der Waals surface area contributed by atoms with Gasteiger partial charge in [-0.2, -0.15) is 0 Å². The van der Waals surface area contributed by atoms with E-state index in [0.29, 0.717) is 0 Å². The van der Waals surface area contributed by atoms with Crippen molar-refractivity contribution in [2.45, 2.75) is 25.7 Å². The summed E-state index contributed by atoms with van der Waals surface area (Å²) in [5, 5.41) is 0. The smallest absolute Gasteiger partial charge is 0.0160 e. The largest absolute Gasteiger partial charge is 0.299 e. The Bertz CT molecular complexity index is 152. The van der Waals surface area contributed by atoms with Crippen LogP contribution >= 0.6 is 0 Å². The third-order valence-electron chi connectivity index (χ3n) is 3.31. The molecule has 0 amide bonds. The monoisotopic (exact) mass is 165 g/mol. The highest BCUT2D eigenvalue weighted by molar-refractivity contribution is 4.86. The highest BCUT2D eigenvalue weighted by atomic mass is 15.1. The number of likely N-dealkylation sites (tertiary alicyclic amines) is 1. The quantitative estimate of drug-likeness (QED) is 0.567. The first-order valence-electron chi connectivity index (χ1n) is 5.21. The average molecular weight is 165 g/mol. The van der Waals surface area contributed by atoms with Crippen LogP contribution in [0.5, 0.6) is 0 Å². The first kappa shape index (κ1) is 8.31. The molecule has 0 aromatic carbocycles. The van der Waals surface area contributed by atoms with Crippen molar-refractivity contribution >= 4 is 0 Å². The highest BCUT2D eigenvalue weighted by Gasteiger charge is 2.29. The Balaban J connectivity index is 1.91. The molecule has 1 aliphatic carbocycles. The fourth-order valence-corrected chi connectivity index (χ4v) is 2.87. The minimum absolute atomic E-state index is 1.01. The van der Waals surface area contributed by atoms with Crippen molar-refractivity contribution in [2.24, 2.45) is 11.8 Å². The Labute approximate surface area is 75.4 Å². The van der Waals surface area contributed by atoms with Gasteiger partial charge in [-0.15, -0.1) is 6.58 Å². The van der Waals surface area contributed by atoms with Crippen molar-refractivity contribution in [3.8, 4) is 0 Å². The van der Waals surface area contributed by atoms with Gasteiger partial charge in [0.2, 0.25) is 0 Å². The molecule has 2 rings (SSSR count). The predicted octanol–water partition coefficient (Wildman–Crippen LogP) is 2.29. The van der Waals surface area contributed by atoms with Gasteiger partial charge in [-0.3, -0.25) is 4.90 Å². The number of fused-ring (bicyclic) bond motifs is 2. The van der Waals surface area contributed by atoms with Crippen LogP contribution in [0.1, 0.15) is 25.7 Å². The standard InChI is InChI=1S/C11H19N/c1-2-6-12-8-10-4-3-5-11(7-10)9-12/h2,10-11H,1,3-9H2. The zero-order valence-electron chi connectivity index (χ0n) is 7.84. The summed E-state index contributed by atoms with van der Waals surface area (Å²) in [5.74, 6) is 2.02. The second-order valence-corrected chi connectivity index (χ2v) is 4.41. The van der Waals surface area contributed by atoms with Gasteiger partial charge < -0.3 is 0 Å². The molecule has 12 heavy (non-hydrogen) atoms. The van der Waals surface area contributed by atoms with Crippen molar-refractivity contribution in [1.82, 2.24) is 4.90 Å². The first-order valence-corrected chi connectivity index (χ1v) is 5.21. The van der Waals surface area contributed by atoms with Gasteiger partial charge in [0.05, 0.1) is 0 Å². The molecule has 2 bridgehead atoms. The minimum atomic E-state index is 1.01. The third-order valence-corrected chi connectivity index (χ3v) is 3.31. The Kier molecular flexibility index (Phi) is 2.50. The Morgan fingerprint density at radius 3 is 2.50 bits per heavy atom. The number of rotatable bonds is 2. The van der Waals surface area contributed by atoms with Crippen LogP contribution < -0.4 is 0 Å². The highest BCUT2D eigenvalue weighted by Crippen LogP contribution is 2.33. The summed E-state index contributed by atoms with van der Waals surface area (Å²) in [6, 6.07) is 0. The zero-order chi connectivity index (χ0) is 8.39. The number of nitrogens with zero attached hydrogens (tertiary/aromatic N) is 1. The van der Waals surface area contributed by atoms with E-state index in [1.165, 1.54) is 38.8 Å². The van der Waals surface area contributed by atoms with Gasteiger partial charge in [-0.25, -0.2) is 0 Å². The fraction of sp³-hybridized carbons (Fsp3) is 0.818. The summed E-state index contributed by atoms with van der Waals surface area (Å²) in [5.41, 5.74) is 0. The van der Waals surface area contributed by atoms with Crippen LogP contribution in [0.15, 0.2) is 12.7 Å². The van der Waals surface area contributed by atoms with E-state index >= 15 is 0 Å². The summed E-state index contributed by atoms with van der Waals surface area (Å²) >= 11 is 0. The normalized spacial score (nSPS) is 36.3. The van der Waals surface area contributed by atoms with E-state index < -0.39 is 0 Å². The van der Waals surface area contributed by atoms with Crippen LogP contribution in [0.2, 0.25) is 0 Å². The van der Waals surface area contributed by atoms with Crippen molar-refractivity contribution in [1.29, 1.82) is 0 Å². The van der Waals surface area contributed by atoms with Crippen molar-refractivity contribution in [3.05, 3.63) is 12.7 Å². The molecule has 2 aliphatic rings.